The number of benzene rings is 4. The average Bonchev–Trinajstić information content (AvgIpc) is 1.63. The van der Waals surface area contributed by atoms with Crippen molar-refractivity contribution in [3.8, 4) is 0 Å². The zero-order valence-electron chi connectivity index (χ0n) is 68.1. The highest BCUT2D eigenvalue weighted by atomic mass is 35.5. The second kappa shape index (κ2) is 36.6. The van der Waals surface area contributed by atoms with E-state index in [9.17, 15) is 46.7 Å². The number of halogens is 4. The standard InChI is InChI=1S/C15H14FN5O2.C14H13ClN4O.2C14H13FN4O.C13H18N4O2.C13H18N4O/c1-8-17-12-13(19-15(18-9(2)22)20-14(12)23)21(8)7-10-3-5-11(16)6-4-10;1-8-16-13-12(14(20)17-8)18-9(2)19(13)7-10-5-3-4-6-11(10)15;1-8-16-13-12(14(20)17-8)18-9(2)19(13)7-10-4-3-5-11(15)6-10;1-8-16-13-12(14(20)17-8)18-9(2)19(13)7-10-5-3-4-6-11(10)15;1-8-14-12-11(13(18)15-8)16-9(2)17(12)7-10-3-5-19-6-4-10;1-8-14-12-11(13(18)15-8)16-9(2)17(12)10-6-4-3-5-7-10/h3-6H,7H2,1-2H3,(H2,18,19,20,22,23);3*3-6H,7H2,1-2H3,(H,16,17,20);10H,3-7H2,1-2H3,(H,14,15,18);10H,3-7H2,1-2H3,(H,14,15,18). The van der Waals surface area contributed by atoms with Crippen LogP contribution in [0.2, 0.25) is 5.02 Å². The van der Waals surface area contributed by atoms with E-state index in [1.807, 2.05) is 67.2 Å². The van der Waals surface area contributed by atoms with Crippen molar-refractivity contribution in [3.05, 3.63) is 268 Å². The number of aromatic amines is 6. The van der Waals surface area contributed by atoms with Crippen LogP contribution in [0.5, 0.6) is 0 Å². The van der Waals surface area contributed by atoms with Gasteiger partial charge in [-0.1, -0.05) is 91.5 Å². The fourth-order valence-corrected chi connectivity index (χ4v) is 14.8. The summed E-state index contributed by atoms with van der Waals surface area (Å²) in [5.41, 5.74) is 7.15. The van der Waals surface area contributed by atoms with E-state index in [-0.39, 0.29) is 68.1 Å². The van der Waals surface area contributed by atoms with Crippen LogP contribution in [0.1, 0.15) is 144 Å². The molecule has 37 heteroatoms. The molecule has 0 unspecified atom stereocenters. The number of nitrogens with zero attached hydrogens (tertiary/aromatic N) is 18. The second-order valence-corrected chi connectivity index (χ2v) is 29.9. The van der Waals surface area contributed by atoms with E-state index >= 15 is 0 Å². The largest absolute Gasteiger partial charge is 0.381 e. The van der Waals surface area contributed by atoms with Gasteiger partial charge in [-0.25, -0.2) is 68.0 Å². The van der Waals surface area contributed by atoms with E-state index in [2.05, 4.69) is 104 Å². The lowest BCUT2D eigenvalue weighted by Crippen LogP contribution is -2.21. The molecular weight excluding hydrogens is 1570 g/mol. The maximum Gasteiger partial charge on any atom is 0.280 e. The minimum Gasteiger partial charge on any atom is -0.381 e. The lowest BCUT2D eigenvalue weighted by atomic mass is 9.95. The Morgan fingerprint density at radius 3 is 1.27 bits per heavy atom. The first kappa shape index (κ1) is 84.4. The van der Waals surface area contributed by atoms with E-state index in [0.717, 1.165) is 72.4 Å². The van der Waals surface area contributed by atoms with Gasteiger partial charge < -0.3 is 57.1 Å². The molecule has 0 radical (unpaired) electrons. The molecular formula is C83H89ClF3N25O8. The Balaban J connectivity index is 0.000000125. The van der Waals surface area contributed by atoms with Gasteiger partial charge in [-0.3, -0.25) is 43.9 Å². The molecule has 1 aliphatic carbocycles. The number of rotatable bonds is 12. The number of ether oxygens (including phenoxy) is 1. The predicted octanol–water partition coefficient (Wildman–Crippen LogP) is 11.3. The summed E-state index contributed by atoms with van der Waals surface area (Å²) in [6.45, 7) is 25.3. The summed E-state index contributed by atoms with van der Waals surface area (Å²) in [7, 11) is 0. The summed E-state index contributed by atoms with van der Waals surface area (Å²) < 4.78 is 56.8. The molecule has 1 saturated heterocycles. The van der Waals surface area contributed by atoms with Crippen LogP contribution in [0, 0.1) is 99.5 Å². The van der Waals surface area contributed by atoms with Gasteiger partial charge in [0.15, 0.2) is 67.0 Å². The lowest BCUT2D eigenvalue weighted by Gasteiger charge is -2.24. The zero-order valence-corrected chi connectivity index (χ0v) is 68.9. The van der Waals surface area contributed by atoms with Crippen LogP contribution in [-0.2, 0) is 42.3 Å². The molecule has 16 aromatic rings. The number of carbonyl (C=O) groups is 1. The van der Waals surface area contributed by atoms with Crippen molar-refractivity contribution in [3.63, 3.8) is 0 Å². The fraction of sp³-hybridized carbons (Fsp3) is 0.337. The number of imidazole rings is 6. The van der Waals surface area contributed by atoms with Crippen molar-refractivity contribution in [2.24, 2.45) is 5.92 Å². The summed E-state index contributed by atoms with van der Waals surface area (Å²) in [6.07, 6.45) is 8.27. The Hall–Kier alpha value is -13.5. The first-order valence-electron chi connectivity index (χ1n) is 38.9. The van der Waals surface area contributed by atoms with Crippen LogP contribution < -0.4 is 38.7 Å². The molecule has 1 aliphatic heterocycles. The number of hydrogen-bond donors (Lipinski definition) is 7. The van der Waals surface area contributed by atoms with Gasteiger partial charge in [0.1, 0.15) is 81.5 Å². The number of H-pyrrole nitrogens is 6. The van der Waals surface area contributed by atoms with Gasteiger partial charge in [0.2, 0.25) is 11.9 Å². The van der Waals surface area contributed by atoms with Gasteiger partial charge in [0.25, 0.3) is 33.4 Å². The Morgan fingerprint density at radius 2 is 0.800 bits per heavy atom. The number of anilines is 1. The molecule has 0 bridgehead atoms. The van der Waals surface area contributed by atoms with E-state index in [4.69, 9.17) is 16.3 Å². The molecule has 0 spiro atoms. The highest BCUT2D eigenvalue weighted by Gasteiger charge is 2.25. The second-order valence-electron chi connectivity index (χ2n) is 29.5. The molecule has 33 nitrogen and oxygen atoms in total. The number of aromatic nitrogens is 24. The Kier molecular flexibility index (Phi) is 25.7. The van der Waals surface area contributed by atoms with Gasteiger partial charge >= 0.3 is 0 Å². The van der Waals surface area contributed by atoms with Crippen molar-refractivity contribution in [1.29, 1.82) is 0 Å². The third-order valence-corrected chi connectivity index (χ3v) is 20.7. The van der Waals surface area contributed by atoms with Crippen molar-refractivity contribution in [2.75, 3.05) is 18.5 Å². The smallest absolute Gasteiger partial charge is 0.280 e. The van der Waals surface area contributed by atoms with Gasteiger partial charge in [-0.05, 0) is 161 Å². The van der Waals surface area contributed by atoms with E-state index in [0.29, 0.717) is 146 Å². The van der Waals surface area contributed by atoms with Crippen molar-refractivity contribution in [1.82, 2.24) is 117 Å². The molecule has 4 aromatic carbocycles. The molecule has 18 rings (SSSR count). The average molecular weight is 1660 g/mol. The molecule has 13 heterocycles. The van der Waals surface area contributed by atoms with Gasteiger partial charge in [0, 0.05) is 43.3 Å². The van der Waals surface area contributed by atoms with Crippen LogP contribution in [0.4, 0.5) is 19.1 Å². The van der Waals surface area contributed by atoms with E-state index < -0.39 is 5.56 Å². The predicted molar refractivity (Wildman–Crippen MR) is 448 cm³/mol. The number of fused-ring (bicyclic) bond motifs is 6. The van der Waals surface area contributed by atoms with Crippen molar-refractivity contribution < 1.29 is 22.7 Å². The monoisotopic (exact) mass is 1660 g/mol. The first-order valence-corrected chi connectivity index (χ1v) is 39.3. The van der Waals surface area contributed by atoms with Crippen molar-refractivity contribution in [2.45, 2.75) is 167 Å². The summed E-state index contributed by atoms with van der Waals surface area (Å²) in [4.78, 5) is 150. The topological polar surface area (TPSA) is 420 Å². The first-order chi connectivity index (χ1) is 57.4. The molecule has 0 atom stereocenters. The van der Waals surface area contributed by atoms with Crippen LogP contribution >= 0.6 is 11.6 Å². The summed E-state index contributed by atoms with van der Waals surface area (Å²) in [5, 5.41) is 3.14. The molecule has 7 N–H and O–H groups in total. The number of amides is 1. The van der Waals surface area contributed by atoms with Crippen LogP contribution in [0.3, 0.4) is 0 Å². The molecule has 2 fully saturated rings. The van der Waals surface area contributed by atoms with Gasteiger partial charge in [-0.15, -0.1) is 0 Å². The quantitative estimate of drug-likeness (QED) is 0.0597. The maximum atomic E-state index is 13.7. The van der Waals surface area contributed by atoms with E-state index in [1.54, 1.807) is 94.0 Å². The maximum absolute atomic E-state index is 13.7. The van der Waals surface area contributed by atoms with Crippen LogP contribution in [0.15, 0.2) is 126 Å². The third kappa shape index (κ3) is 19.3. The highest BCUT2D eigenvalue weighted by Crippen LogP contribution is 2.32. The molecule has 622 valence electrons. The van der Waals surface area contributed by atoms with Crippen LogP contribution in [0.25, 0.3) is 67.0 Å². The fourth-order valence-electron chi connectivity index (χ4n) is 14.6. The number of aryl methyl sites for hydroxylation is 11. The number of hydrogen-bond acceptors (Lipinski definition) is 20. The van der Waals surface area contributed by atoms with Gasteiger partial charge in [-0.2, -0.15) is 4.98 Å². The molecule has 1 amide bonds. The normalized spacial score (nSPS) is 13.0. The Bertz CT molecular complexity index is 6750. The van der Waals surface area contributed by atoms with Gasteiger partial charge in [0.05, 0.1) is 26.2 Å². The van der Waals surface area contributed by atoms with Crippen molar-refractivity contribution >= 4 is 90.4 Å². The highest BCUT2D eigenvalue weighted by molar-refractivity contribution is 6.31. The molecule has 1 saturated carbocycles. The summed E-state index contributed by atoms with van der Waals surface area (Å²) in [5.74, 6) is 6.72. The number of nitrogens with one attached hydrogen (secondary N) is 7. The minimum absolute atomic E-state index is 0.0651. The summed E-state index contributed by atoms with van der Waals surface area (Å²) >= 11 is 6.19. The Morgan fingerprint density at radius 1 is 0.408 bits per heavy atom. The molecule has 2 aliphatic rings. The summed E-state index contributed by atoms with van der Waals surface area (Å²) in [6, 6.07) is 27.0. The lowest BCUT2D eigenvalue weighted by molar-refractivity contribution is -0.114. The third-order valence-electron chi connectivity index (χ3n) is 20.4. The van der Waals surface area contributed by atoms with E-state index in [1.165, 1.54) is 69.4 Å². The SMILES string of the molecule is CC(=O)Nc1nc2c(nc(C)n2Cc2ccc(F)cc2)c(=O)[nH]1.Cc1nc2c(nc(C)n2C2CCCCC2)c(=O)[nH]1.Cc1nc2c(nc(C)n2CC2CCOCC2)c(=O)[nH]1.Cc1nc2c(nc(C)n2Cc2cccc(F)c2)c(=O)[nH]1.Cc1nc2c(nc(C)n2Cc2ccccc2Cl)c(=O)[nH]1.Cc1nc2c(nc(C)n2Cc2ccccc2F)c(=O)[nH]1. The molecule has 12 aromatic heterocycles. The minimum atomic E-state index is -0.431. The van der Waals surface area contributed by atoms with Crippen LogP contribution in [-0.4, -0.2) is 136 Å². The Labute approximate surface area is 686 Å². The molecule has 120 heavy (non-hydrogen) atoms. The number of carbonyl (C=O) groups excluding carboxylic acids is 1. The zero-order chi connectivity index (χ0) is 85.5.